The molecule has 0 aliphatic rings. The monoisotopic (exact) mass is 1040 g/mol. The van der Waals surface area contributed by atoms with Crippen molar-refractivity contribution in [3.63, 3.8) is 0 Å². The van der Waals surface area contributed by atoms with Gasteiger partial charge in [0.1, 0.15) is 38.5 Å². The largest absolute Gasteiger partial charge is 0.505 e. The molecule has 0 saturated heterocycles. The molecule has 23 nitrogen and oxygen atoms in total. The number of hydrogen-bond acceptors (Lipinski definition) is 17. The molecule has 0 radical (unpaired) electrons. The molecule has 7 aromatic rings. The molecule has 7 aromatic carbocycles. The van der Waals surface area contributed by atoms with Crippen molar-refractivity contribution >= 4 is 108 Å². The Morgan fingerprint density at radius 2 is 0.900 bits per heavy atom. The molecule has 0 spiro atoms. The Morgan fingerprint density at radius 3 is 1.30 bits per heavy atom. The van der Waals surface area contributed by atoms with E-state index in [4.69, 9.17) is 9.47 Å². The number of para-hydroxylation sites is 2. The molecule has 0 saturated carbocycles. The van der Waals surface area contributed by atoms with Crippen LogP contribution in [0.25, 0.3) is 21.5 Å². The molecule has 7 rings (SSSR count). The minimum atomic E-state index is -5.16. The first-order valence-corrected chi connectivity index (χ1v) is 25.4. The molecule has 366 valence electrons. The van der Waals surface area contributed by atoms with E-state index in [1.165, 1.54) is 12.1 Å². The average Bonchev–Trinajstić information content (AvgIpc) is 3.29. The van der Waals surface area contributed by atoms with Crippen molar-refractivity contribution < 1.29 is 81.2 Å². The third-order valence-electron chi connectivity index (χ3n) is 10.3. The lowest BCUT2D eigenvalue weighted by molar-refractivity contribution is 0.101. The van der Waals surface area contributed by atoms with E-state index >= 15 is 0 Å². The fourth-order valence-electron chi connectivity index (χ4n) is 7.22. The summed E-state index contributed by atoms with van der Waals surface area (Å²) in [7, 11) is -18.4. The molecule has 0 fully saturated rings. The second kappa shape index (κ2) is 19.0. The minimum Gasteiger partial charge on any atom is -0.505 e. The molecule has 0 aliphatic carbocycles. The number of carbonyl (C=O) groups excluding carboxylic acids is 2. The minimum absolute atomic E-state index is 0.222. The van der Waals surface area contributed by atoms with Gasteiger partial charge in [-0.25, -0.2) is 0 Å². The lowest BCUT2D eigenvalue weighted by Gasteiger charge is -2.19. The Labute approximate surface area is 397 Å². The van der Waals surface area contributed by atoms with Crippen molar-refractivity contribution in [1.82, 2.24) is 0 Å². The molecule has 0 atom stereocenters. The predicted molar refractivity (Wildman–Crippen MR) is 254 cm³/mol. The Hall–Kier alpha value is -7.76. The number of rotatable bonds is 16. The SMILES string of the molecule is COc1cc(C(=O)Nc2cc(S(=O)(=O)O)cc3cc(S(=O)(=O)O)c(Nc4ccccc4)c(O)c23)c(OC)cc1C(=O)Nc1cc(S(=O)(=O)O)cc2cc(S(=O)(=O)O)c(NCNc3ccccc3)c(O)c12. The second-order valence-electron chi connectivity index (χ2n) is 14.8. The van der Waals surface area contributed by atoms with Crippen molar-refractivity contribution in [3.8, 4) is 23.0 Å². The van der Waals surface area contributed by atoms with Gasteiger partial charge in [-0.3, -0.25) is 27.8 Å². The number of phenolic OH excluding ortho intramolecular Hbond substituents is 2. The molecule has 70 heavy (non-hydrogen) atoms. The number of benzene rings is 7. The van der Waals surface area contributed by atoms with Crippen LogP contribution in [0, 0.1) is 0 Å². The maximum Gasteiger partial charge on any atom is 0.296 e. The number of carbonyl (C=O) groups is 2. The fourth-order valence-corrected chi connectivity index (χ4v) is 9.69. The number of phenols is 2. The predicted octanol–water partition coefficient (Wildman–Crippen LogP) is 6.14. The van der Waals surface area contributed by atoms with E-state index in [-0.39, 0.29) is 12.4 Å². The van der Waals surface area contributed by atoms with Crippen LogP contribution < -0.4 is 36.1 Å². The Bertz CT molecular complexity index is 3750. The number of amides is 2. The summed E-state index contributed by atoms with van der Waals surface area (Å²) >= 11 is 0. The van der Waals surface area contributed by atoms with Crippen LogP contribution in [0.2, 0.25) is 0 Å². The summed E-state index contributed by atoms with van der Waals surface area (Å²) in [6.45, 7) is -0.252. The molecule has 0 unspecified atom stereocenters. The van der Waals surface area contributed by atoms with Gasteiger partial charge in [-0.15, -0.1) is 0 Å². The van der Waals surface area contributed by atoms with E-state index in [2.05, 4.69) is 26.6 Å². The van der Waals surface area contributed by atoms with Crippen molar-refractivity contribution in [2.45, 2.75) is 19.6 Å². The highest BCUT2D eigenvalue weighted by Crippen LogP contribution is 2.46. The maximum atomic E-state index is 14.2. The lowest BCUT2D eigenvalue weighted by atomic mass is 10.0. The third kappa shape index (κ3) is 10.4. The number of anilines is 6. The van der Waals surface area contributed by atoms with Gasteiger partial charge in [-0.1, -0.05) is 36.4 Å². The van der Waals surface area contributed by atoms with Crippen LogP contribution in [0.15, 0.2) is 129 Å². The molecule has 0 heterocycles. The summed E-state index contributed by atoms with van der Waals surface area (Å²) in [5.74, 6) is -4.92. The van der Waals surface area contributed by atoms with E-state index in [9.17, 15) is 71.7 Å². The highest BCUT2D eigenvalue weighted by atomic mass is 32.2. The Kier molecular flexibility index (Phi) is 13.6. The first-order valence-electron chi connectivity index (χ1n) is 19.6. The summed E-state index contributed by atoms with van der Waals surface area (Å²) in [5.41, 5.74) is -2.36. The molecule has 0 bridgehead atoms. The van der Waals surface area contributed by atoms with Gasteiger partial charge in [-0.2, -0.15) is 33.7 Å². The molecule has 27 heteroatoms. The smallest absolute Gasteiger partial charge is 0.296 e. The van der Waals surface area contributed by atoms with Gasteiger partial charge in [0.2, 0.25) is 0 Å². The summed E-state index contributed by atoms with van der Waals surface area (Å²) in [5, 5.41) is 34.6. The van der Waals surface area contributed by atoms with Gasteiger partial charge in [0.05, 0.1) is 58.9 Å². The summed E-state index contributed by atoms with van der Waals surface area (Å²) in [4.78, 5) is 24.7. The number of aromatic hydroxyl groups is 2. The van der Waals surface area contributed by atoms with E-state index < -0.39 is 150 Å². The molecule has 0 aliphatic heterocycles. The Morgan fingerprint density at radius 1 is 0.500 bits per heavy atom. The van der Waals surface area contributed by atoms with Gasteiger partial charge in [0, 0.05) is 22.1 Å². The summed E-state index contributed by atoms with van der Waals surface area (Å²) in [6, 6.07) is 22.7. The van der Waals surface area contributed by atoms with Crippen molar-refractivity contribution in [2.75, 3.05) is 47.5 Å². The van der Waals surface area contributed by atoms with Gasteiger partial charge < -0.3 is 46.3 Å². The van der Waals surface area contributed by atoms with Crippen LogP contribution in [0.3, 0.4) is 0 Å². The lowest BCUT2D eigenvalue weighted by Crippen LogP contribution is -2.18. The van der Waals surface area contributed by atoms with Crippen molar-refractivity contribution in [3.05, 3.63) is 120 Å². The van der Waals surface area contributed by atoms with Gasteiger partial charge >= 0.3 is 0 Å². The molecular formula is C43H37N5O18S4. The van der Waals surface area contributed by atoms with E-state index in [0.29, 0.717) is 5.69 Å². The van der Waals surface area contributed by atoms with Crippen LogP contribution in [0.1, 0.15) is 20.7 Å². The van der Waals surface area contributed by atoms with Gasteiger partial charge in [-0.05, 0) is 83.6 Å². The van der Waals surface area contributed by atoms with Crippen molar-refractivity contribution in [2.24, 2.45) is 0 Å². The van der Waals surface area contributed by atoms with Gasteiger partial charge in [0.15, 0.2) is 0 Å². The molecule has 11 N–H and O–H groups in total. The Balaban J connectivity index is 1.32. The standard InChI is InChI=1S/C43H37N5O18S4/c1-65-32-20-29(43(52)48-31-18-27(68(56,57)58)14-23-16-35(70(62,63)64)39(41(50)37(23)31)46-25-11-7-4-8-12-25)33(66-2)19-28(32)42(51)47-30-17-26(67(53,54)55)13-22-15-34(69(59,60)61)38(40(49)36(22)30)45-21-44-24-9-5-3-6-10-24/h3-20,44-46,49-50H,21H2,1-2H3,(H,47,51)(H,48,52)(H,53,54,55)(H,56,57,58)(H,59,60,61)(H,62,63,64). The first kappa shape index (κ1) is 50.1. The number of nitrogens with one attached hydrogen (secondary N) is 5. The zero-order chi connectivity index (χ0) is 51.1. The number of ether oxygens (including phenoxy) is 2. The number of fused-ring (bicyclic) bond motifs is 2. The molecule has 0 aromatic heterocycles. The highest BCUT2D eigenvalue weighted by molar-refractivity contribution is 7.86. The third-order valence-corrected chi connectivity index (χ3v) is 13.7. The van der Waals surface area contributed by atoms with Crippen LogP contribution in [-0.2, 0) is 40.5 Å². The van der Waals surface area contributed by atoms with Crippen LogP contribution in [-0.4, -0.2) is 94.8 Å². The van der Waals surface area contributed by atoms with Crippen LogP contribution in [0.5, 0.6) is 23.0 Å². The molecule has 2 amide bonds. The summed E-state index contributed by atoms with van der Waals surface area (Å²) in [6.07, 6.45) is 0. The highest BCUT2D eigenvalue weighted by Gasteiger charge is 2.30. The zero-order valence-corrected chi connectivity index (χ0v) is 39.1. The first-order chi connectivity index (χ1) is 32.8. The number of hydrogen-bond donors (Lipinski definition) is 11. The quantitative estimate of drug-likeness (QED) is 0.0294. The number of methoxy groups -OCH3 is 2. The molecular weight excluding hydrogens is 1000 g/mol. The van der Waals surface area contributed by atoms with Crippen LogP contribution in [0.4, 0.5) is 34.1 Å². The summed E-state index contributed by atoms with van der Waals surface area (Å²) < 4.78 is 151. The zero-order valence-electron chi connectivity index (χ0n) is 35.8. The van der Waals surface area contributed by atoms with Crippen molar-refractivity contribution in [1.29, 1.82) is 0 Å². The van der Waals surface area contributed by atoms with Gasteiger partial charge in [0.25, 0.3) is 52.3 Å². The maximum absolute atomic E-state index is 14.2. The average molecular weight is 1040 g/mol. The van der Waals surface area contributed by atoms with E-state index in [0.717, 1.165) is 62.8 Å². The van der Waals surface area contributed by atoms with E-state index in [1.807, 2.05) is 0 Å². The fraction of sp³-hybridized carbons (Fsp3) is 0.0698. The van der Waals surface area contributed by atoms with Crippen LogP contribution >= 0.6 is 0 Å². The topological polar surface area (TPSA) is 371 Å². The second-order valence-corrected chi connectivity index (χ2v) is 20.4. The normalized spacial score (nSPS) is 12.0. The van der Waals surface area contributed by atoms with E-state index in [1.54, 1.807) is 48.5 Å².